The molecule has 1 aromatic heterocycles. The van der Waals surface area contributed by atoms with Crippen molar-refractivity contribution in [2.75, 3.05) is 5.32 Å². The summed E-state index contributed by atoms with van der Waals surface area (Å²) in [4.78, 5) is 0. The van der Waals surface area contributed by atoms with Gasteiger partial charge in [0.05, 0.1) is 22.0 Å². The van der Waals surface area contributed by atoms with Crippen LogP contribution in [0.25, 0.3) is 51.0 Å². The van der Waals surface area contributed by atoms with Crippen LogP contribution >= 0.6 is 0 Å². The molecule has 2 nitrogen and oxygen atoms in total. The fourth-order valence-electron chi connectivity index (χ4n) is 8.28. The number of hydrogen-bond donors (Lipinski definition) is 1. The molecule has 2 heteroatoms. The maximum Gasteiger partial charge on any atom is 0.0783 e. The molecule has 0 fully saturated rings. The van der Waals surface area contributed by atoms with Crippen LogP contribution in [-0.2, 0) is 5.41 Å². The highest BCUT2D eigenvalue weighted by Gasteiger charge is 2.49. The number of aromatic nitrogens is 1. The largest absolute Gasteiger partial charge is 0.355 e. The summed E-state index contributed by atoms with van der Waals surface area (Å²) in [6, 6.07) is 51.6. The molecule has 0 saturated heterocycles. The van der Waals surface area contributed by atoms with Crippen LogP contribution in [0.15, 0.2) is 152 Å². The molecule has 0 bridgehead atoms. The summed E-state index contributed by atoms with van der Waals surface area (Å²) >= 11 is 0. The number of nitrogens with zero attached hydrogens (tertiary/aromatic N) is 1. The van der Waals surface area contributed by atoms with E-state index in [1.165, 1.54) is 71.7 Å². The minimum atomic E-state index is -0.551. The van der Waals surface area contributed by atoms with Gasteiger partial charge in [0, 0.05) is 22.0 Å². The third kappa shape index (κ3) is 3.36. The van der Waals surface area contributed by atoms with Gasteiger partial charge in [0.2, 0.25) is 0 Å². The van der Waals surface area contributed by atoms with Crippen LogP contribution in [0, 0.1) is 0 Å². The molecule has 3 aliphatic rings. The SMILES string of the molecule is C1=CCC=c2c(c3cccc4c3n2-c2ccccc2C42c3cc(-c4ccccc4)ccc3Nc3ccc(-c4ccccc4)cc32)=C1. The fourth-order valence-corrected chi connectivity index (χ4v) is 8.28. The second-order valence-electron chi connectivity index (χ2n) is 12.5. The number of anilines is 2. The van der Waals surface area contributed by atoms with Gasteiger partial charge in [-0.15, -0.1) is 0 Å². The lowest BCUT2D eigenvalue weighted by Crippen LogP contribution is -2.40. The first kappa shape index (κ1) is 25.5. The van der Waals surface area contributed by atoms with Gasteiger partial charge in [-0.05, 0) is 81.3 Å². The maximum absolute atomic E-state index is 3.89. The first-order valence-electron chi connectivity index (χ1n) is 16.1. The molecule has 7 aromatic rings. The van der Waals surface area contributed by atoms with E-state index in [0.29, 0.717) is 0 Å². The van der Waals surface area contributed by atoms with Gasteiger partial charge in [-0.1, -0.05) is 133 Å². The zero-order valence-electron chi connectivity index (χ0n) is 25.2. The van der Waals surface area contributed by atoms with E-state index < -0.39 is 5.41 Å². The molecule has 10 rings (SSSR count). The number of para-hydroxylation sites is 2. The van der Waals surface area contributed by atoms with Gasteiger partial charge in [-0.3, -0.25) is 0 Å². The van der Waals surface area contributed by atoms with Crippen molar-refractivity contribution < 1.29 is 0 Å². The molecule has 46 heavy (non-hydrogen) atoms. The van der Waals surface area contributed by atoms with Gasteiger partial charge >= 0.3 is 0 Å². The zero-order chi connectivity index (χ0) is 30.2. The van der Waals surface area contributed by atoms with Crippen molar-refractivity contribution in [3.05, 3.63) is 185 Å². The average molecular weight is 587 g/mol. The summed E-state index contributed by atoms with van der Waals surface area (Å²) in [5.74, 6) is 0. The van der Waals surface area contributed by atoms with Crippen molar-refractivity contribution in [1.29, 1.82) is 0 Å². The average Bonchev–Trinajstić information content (AvgIpc) is 3.25. The van der Waals surface area contributed by atoms with E-state index in [1.54, 1.807) is 0 Å². The molecule has 0 radical (unpaired) electrons. The molecule has 6 aromatic carbocycles. The summed E-state index contributed by atoms with van der Waals surface area (Å²) < 4.78 is 2.54. The summed E-state index contributed by atoms with van der Waals surface area (Å²) in [6.07, 6.45) is 10.1. The Kier molecular flexibility index (Phi) is 5.30. The number of hydrogen-bond acceptors (Lipinski definition) is 1. The molecule has 0 atom stereocenters. The Balaban J connectivity index is 1.41. The van der Waals surface area contributed by atoms with E-state index in [-0.39, 0.29) is 0 Å². The number of rotatable bonds is 2. The van der Waals surface area contributed by atoms with Gasteiger partial charge in [0.25, 0.3) is 0 Å². The van der Waals surface area contributed by atoms with Gasteiger partial charge in [0.15, 0.2) is 0 Å². The lowest BCUT2D eigenvalue weighted by molar-refractivity contribution is 0.719. The molecular weight excluding hydrogens is 556 g/mol. The van der Waals surface area contributed by atoms with E-state index in [2.05, 4.69) is 174 Å². The monoisotopic (exact) mass is 586 g/mol. The number of fused-ring (bicyclic) bond motifs is 11. The Morgan fingerprint density at radius 3 is 1.87 bits per heavy atom. The summed E-state index contributed by atoms with van der Waals surface area (Å²) in [5.41, 5.74) is 14.3. The van der Waals surface area contributed by atoms with Crippen molar-refractivity contribution >= 4 is 34.4 Å². The molecule has 216 valence electrons. The van der Waals surface area contributed by atoms with Crippen molar-refractivity contribution in [3.63, 3.8) is 0 Å². The third-order valence-corrected chi connectivity index (χ3v) is 10.2. The highest BCUT2D eigenvalue weighted by molar-refractivity contribution is 5.97. The van der Waals surface area contributed by atoms with Crippen molar-refractivity contribution in [1.82, 2.24) is 4.57 Å². The predicted molar refractivity (Wildman–Crippen MR) is 191 cm³/mol. The van der Waals surface area contributed by atoms with Crippen molar-refractivity contribution in [2.45, 2.75) is 11.8 Å². The molecule has 0 unspecified atom stereocenters. The lowest BCUT2D eigenvalue weighted by atomic mass is 9.60. The number of nitrogens with one attached hydrogen (secondary N) is 1. The Morgan fingerprint density at radius 2 is 1.17 bits per heavy atom. The summed E-state index contributed by atoms with van der Waals surface area (Å²) in [6.45, 7) is 0. The van der Waals surface area contributed by atoms with Gasteiger partial charge in [0.1, 0.15) is 0 Å². The van der Waals surface area contributed by atoms with Crippen molar-refractivity contribution in [3.8, 4) is 27.9 Å². The second-order valence-corrected chi connectivity index (χ2v) is 12.5. The Labute approximate surface area is 267 Å². The Hall–Kier alpha value is -5.86. The number of allylic oxidation sites excluding steroid dienone is 2. The smallest absolute Gasteiger partial charge is 0.0783 e. The molecule has 2 aliphatic heterocycles. The van der Waals surface area contributed by atoms with Crippen LogP contribution in [-0.4, -0.2) is 4.57 Å². The second kappa shape index (κ2) is 9.57. The van der Waals surface area contributed by atoms with Crippen LogP contribution in [0.2, 0.25) is 0 Å². The molecule has 0 saturated carbocycles. The third-order valence-electron chi connectivity index (χ3n) is 10.2. The van der Waals surface area contributed by atoms with Crippen LogP contribution in [0.1, 0.15) is 28.7 Å². The van der Waals surface area contributed by atoms with Gasteiger partial charge in [-0.25, -0.2) is 0 Å². The van der Waals surface area contributed by atoms with E-state index in [9.17, 15) is 0 Å². The van der Waals surface area contributed by atoms with Crippen LogP contribution in [0.4, 0.5) is 11.4 Å². The fraction of sp³-hybridized carbons (Fsp3) is 0.0455. The van der Waals surface area contributed by atoms with Gasteiger partial charge < -0.3 is 9.88 Å². The quantitative estimate of drug-likeness (QED) is 0.214. The first-order valence-corrected chi connectivity index (χ1v) is 16.1. The molecule has 0 amide bonds. The lowest BCUT2D eigenvalue weighted by Gasteiger charge is -2.46. The van der Waals surface area contributed by atoms with E-state index >= 15 is 0 Å². The minimum Gasteiger partial charge on any atom is -0.355 e. The molecular formula is C44H30N2. The maximum atomic E-state index is 3.89. The zero-order valence-corrected chi connectivity index (χ0v) is 25.2. The van der Waals surface area contributed by atoms with Crippen molar-refractivity contribution in [2.24, 2.45) is 0 Å². The topological polar surface area (TPSA) is 17.0 Å². The Bertz CT molecular complexity index is 2430. The van der Waals surface area contributed by atoms with E-state index in [4.69, 9.17) is 0 Å². The molecule has 3 heterocycles. The first-order chi connectivity index (χ1) is 22.8. The Morgan fingerprint density at radius 1 is 0.543 bits per heavy atom. The molecule has 1 aliphatic carbocycles. The summed E-state index contributed by atoms with van der Waals surface area (Å²) in [5, 5.41) is 7.75. The highest BCUT2D eigenvalue weighted by atomic mass is 15.0. The molecule has 1 spiro atoms. The number of benzene rings is 6. The molecule has 1 N–H and O–H groups in total. The predicted octanol–water partition coefficient (Wildman–Crippen LogP) is 9.24. The van der Waals surface area contributed by atoms with Crippen LogP contribution in [0.5, 0.6) is 0 Å². The van der Waals surface area contributed by atoms with Gasteiger partial charge in [-0.2, -0.15) is 0 Å². The van der Waals surface area contributed by atoms with E-state index in [0.717, 1.165) is 17.8 Å². The standard InChI is InChI=1S/C44H30N2/c1-4-13-29(14-5-1)31-23-25-39-37(27-31)44(38-28-32(24-26-40(38)45-39)30-15-6-2-7-16-30)35-19-10-11-22-42(35)46-41-21-9-3-8-17-33(41)34-18-12-20-36(44)43(34)46/h1-8,10-28,45H,9H2. The van der Waals surface area contributed by atoms with Crippen LogP contribution < -0.4 is 15.9 Å². The van der Waals surface area contributed by atoms with E-state index in [1.807, 2.05) is 0 Å². The van der Waals surface area contributed by atoms with Crippen LogP contribution in [0.3, 0.4) is 0 Å². The summed E-state index contributed by atoms with van der Waals surface area (Å²) in [7, 11) is 0. The minimum absolute atomic E-state index is 0.551. The highest BCUT2D eigenvalue weighted by Crippen LogP contribution is 2.58. The normalized spacial score (nSPS) is 14.6.